The third-order valence-corrected chi connectivity index (χ3v) is 4.73. The van der Waals surface area contributed by atoms with Gasteiger partial charge in [0.15, 0.2) is 0 Å². The predicted octanol–water partition coefficient (Wildman–Crippen LogP) is 3.87. The zero-order valence-corrected chi connectivity index (χ0v) is 15.0. The number of anilines is 1. The van der Waals surface area contributed by atoms with Gasteiger partial charge >= 0.3 is 0 Å². The minimum absolute atomic E-state index is 0. The first-order valence-corrected chi connectivity index (χ1v) is 7.42. The fraction of sp³-hybridized carbons (Fsp3) is 0.214. The fourth-order valence-electron chi connectivity index (χ4n) is 3.09. The molecule has 4 N–H and O–H groups in total. The van der Waals surface area contributed by atoms with Gasteiger partial charge in [0.1, 0.15) is 0 Å². The maximum Gasteiger partial charge on any atom is 0.0837 e. The molecule has 0 bridgehead atoms. The topological polar surface area (TPSA) is 71.7 Å². The number of aromatic nitrogens is 3. The number of fused-ring (bicyclic) bond motifs is 3. The Kier molecular flexibility index (Phi) is 5.38. The van der Waals surface area contributed by atoms with Gasteiger partial charge < -0.3 is 15.6 Å². The summed E-state index contributed by atoms with van der Waals surface area (Å²) in [5, 5.41) is 12.3. The molecule has 5 nitrogen and oxygen atoms in total. The first-order chi connectivity index (χ1) is 10.2. The molecule has 23 heavy (non-hydrogen) atoms. The molecular formula is C14H15Cl4N5. The standard InChI is InChI=1S/C14H13Cl2N5.2ClH/c15-8-3-9(17)12-11(7-4-19-20-5-7)10-6-18-1-2-21(10)14(12)13(8)16;;/h3-5,18H,1-2,6,17H2,(H,19,20);2*1H. The van der Waals surface area contributed by atoms with Gasteiger partial charge in [-0.2, -0.15) is 5.10 Å². The van der Waals surface area contributed by atoms with E-state index in [1.54, 1.807) is 12.3 Å². The molecule has 0 aliphatic carbocycles. The number of H-pyrrole nitrogens is 1. The van der Waals surface area contributed by atoms with Crippen molar-refractivity contribution in [3.63, 3.8) is 0 Å². The first-order valence-electron chi connectivity index (χ1n) is 6.67. The van der Waals surface area contributed by atoms with E-state index in [4.69, 9.17) is 28.9 Å². The minimum Gasteiger partial charge on any atom is -0.398 e. The molecular weight excluding hydrogens is 380 g/mol. The number of nitrogens with one attached hydrogen (secondary N) is 2. The van der Waals surface area contributed by atoms with Crippen molar-refractivity contribution in [1.29, 1.82) is 0 Å². The van der Waals surface area contributed by atoms with Gasteiger partial charge in [-0.1, -0.05) is 23.2 Å². The van der Waals surface area contributed by atoms with Gasteiger partial charge in [-0.25, -0.2) is 0 Å². The van der Waals surface area contributed by atoms with Crippen LogP contribution in [0.1, 0.15) is 5.69 Å². The van der Waals surface area contributed by atoms with Gasteiger partial charge in [0, 0.05) is 53.7 Å². The van der Waals surface area contributed by atoms with Gasteiger partial charge in [0.05, 0.1) is 21.8 Å². The van der Waals surface area contributed by atoms with Crippen LogP contribution in [0.15, 0.2) is 18.5 Å². The maximum atomic E-state index is 6.46. The van der Waals surface area contributed by atoms with Crippen molar-refractivity contribution in [3.8, 4) is 11.1 Å². The lowest BCUT2D eigenvalue weighted by atomic mass is 10.0. The maximum absolute atomic E-state index is 6.46. The summed E-state index contributed by atoms with van der Waals surface area (Å²) in [6.07, 6.45) is 3.67. The van der Waals surface area contributed by atoms with E-state index >= 15 is 0 Å². The first kappa shape index (κ1) is 18.2. The molecule has 1 aliphatic rings. The summed E-state index contributed by atoms with van der Waals surface area (Å²) in [4.78, 5) is 0. The quantitative estimate of drug-likeness (QED) is 0.548. The molecule has 124 valence electrons. The second-order valence-corrected chi connectivity index (χ2v) is 5.91. The van der Waals surface area contributed by atoms with Gasteiger partial charge in [0.2, 0.25) is 0 Å². The number of hydrogen-bond donors (Lipinski definition) is 3. The van der Waals surface area contributed by atoms with E-state index in [0.717, 1.165) is 47.4 Å². The molecule has 0 unspecified atom stereocenters. The van der Waals surface area contributed by atoms with E-state index < -0.39 is 0 Å². The normalized spacial score (nSPS) is 13.3. The molecule has 4 rings (SSSR count). The van der Waals surface area contributed by atoms with Crippen molar-refractivity contribution in [3.05, 3.63) is 34.2 Å². The highest BCUT2D eigenvalue weighted by Crippen LogP contribution is 2.44. The molecule has 1 aliphatic heterocycles. The molecule has 2 aromatic heterocycles. The molecule has 1 aromatic carbocycles. The van der Waals surface area contributed by atoms with Crippen molar-refractivity contribution in [2.24, 2.45) is 0 Å². The Morgan fingerprint density at radius 2 is 2.04 bits per heavy atom. The number of aromatic amines is 1. The van der Waals surface area contributed by atoms with E-state index in [9.17, 15) is 0 Å². The molecule has 3 aromatic rings. The summed E-state index contributed by atoms with van der Waals surface area (Å²) in [7, 11) is 0. The number of nitrogens with zero attached hydrogens (tertiary/aromatic N) is 2. The molecule has 0 saturated carbocycles. The molecule has 0 radical (unpaired) electrons. The van der Waals surface area contributed by atoms with E-state index in [1.807, 2.05) is 6.20 Å². The molecule has 0 atom stereocenters. The molecule has 0 fully saturated rings. The van der Waals surface area contributed by atoms with Crippen LogP contribution in [0.4, 0.5) is 5.69 Å². The second kappa shape index (κ2) is 6.79. The summed E-state index contributed by atoms with van der Waals surface area (Å²) < 4.78 is 2.21. The summed E-state index contributed by atoms with van der Waals surface area (Å²) in [5.74, 6) is 0. The van der Waals surface area contributed by atoms with Gasteiger partial charge in [0.25, 0.3) is 0 Å². The smallest absolute Gasteiger partial charge is 0.0837 e. The van der Waals surface area contributed by atoms with E-state index in [-0.39, 0.29) is 24.8 Å². The predicted molar refractivity (Wildman–Crippen MR) is 100 cm³/mol. The van der Waals surface area contributed by atoms with Crippen LogP contribution in [0.2, 0.25) is 10.0 Å². The molecule has 9 heteroatoms. The van der Waals surface area contributed by atoms with Crippen molar-refractivity contribution in [1.82, 2.24) is 20.1 Å². The SMILES string of the molecule is Cl.Cl.Nc1cc(Cl)c(Cl)c2c1c(-c1cn[nH]c1)c1n2CCNC1. The lowest BCUT2D eigenvalue weighted by Crippen LogP contribution is -2.27. The van der Waals surface area contributed by atoms with Crippen LogP contribution in [-0.4, -0.2) is 21.3 Å². The largest absolute Gasteiger partial charge is 0.398 e. The van der Waals surface area contributed by atoms with Gasteiger partial charge in [-0.3, -0.25) is 5.10 Å². The van der Waals surface area contributed by atoms with Crippen LogP contribution in [-0.2, 0) is 13.1 Å². The van der Waals surface area contributed by atoms with Gasteiger partial charge in [-0.15, -0.1) is 24.8 Å². The number of rotatable bonds is 1. The zero-order chi connectivity index (χ0) is 14.6. The van der Waals surface area contributed by atoms with Crippen LogP contribution in [0.25, 0.3) is 22.0 Å². The third-order valence-electron chi connectivity index (χ3n) is 3.95. The van der Waals surface area contributed by atoms with Crippen LogP contribution in [0.3, 0.4) is 0 Å². The summed E-state index contributed by atoms with van der Waals surface area (Å²) in [5.41, 5.74) is 11.0. The summed E-state index contributed by atoms with van der Waals surface area (Å²) in [6.45, 7) is 2.50. The van der Waals surface area contributed by atoms with E-state index in [1.165, 1.54) is 0 Å². The minimum atomic E-state index is 0. The Hall–Kier alpha value is -1.11. The Balaban J connectivity index is 0.000000960. The lowest BCUT2D eigenvalue weighted by molar-refractivity contribution is 0.528. The Labute approximate surface area is 155 Å². The highest BCUT2D eigenvalue weighted by atomic mass is 35.5. The van der Waals surface area contributed by atoms with Crippen molar-refractivity contribution in [2.75, 3.05) is 12.3 Å². The van der Waals surface area contributed by atoms with E-state index in [2.05, 4.69) is 20.1 Å². The van der Waals surface area contributed by atoms with Crippen LogP contribution in [0, 0.1) is 0 Å². The number of nitrogens with two attached hydrogens (primary N) is 1. The molecule has 0 saturated heterocycles. The fourth-order valence-corrected chi connectivity index (χ4v) is 3.55. The molecule has 0 spiro atoms. The van der Waals surface area contributed by atoms with Crippen LogP contribution >= 0.6 is 48.0 Å². The monoisotopic (exact) mass is 393 g/mol. The van der Waals surface area contributed by atoms with Crippen LogP contribution < -0.4 is 11.1 Å². The summed E-state index contributed by atoms with van der Waals surface area (Å²) in [6, 6.07) is 1.72. The summed E-state index contributed by atoms with van der Waals surface area (Å²) >= 11 is 12.7. The number of halogens is 4. The molecule has 0 amide bonds. The lowest BCUT2D eigenvalue weighted by Gasteiger charge is -2.18. The number of nitrogen functional groups attached to an aromatic ring is 1. The van der Waals surface area contributed by atoms with Crippen molar-refractivity contribution < 1.29 is 0 Å². The highest BCUT2D eigenvalue weighted by Gasteiger charge is 2.25. The van der Waals surface area contributed by atoms with Crippen molar-refractivity contribution in [2.45, 2.75) is 13.1 Å². The van der Waals surface area contributed by atoms with Crippen molar-refractivity contribution >= 4 is 64.6 Å². The number of benzene rings is 1. The molecule has 3 heterocycles. The Morgan fingerprint density at radius 3 is 2.74 bits per heavy atom. The number of hydrogen-bond acceptors (Lipinski definition) is 3. The zero-order valence-electron chi connectivity index (χ0n) is 11.9. The third kappa shape index (κ3) is 2.66. The van der Waals surface area contributed by atoms with Gasteiger partial charge in [-0.05, 0) is 6.07 Å². The van der Waals surface area contributed by atoms with E-state index in [0.29, 0.717) is 15.7 Å². The van der Waals surface area contributed by atoms with Crippen LogP contribution in [0.5, 0.6) is 0 Å². The second-order valence-electron chi connectivity index (χ2n) is 5.12. The highest BCUT2D eigenvalue weighted by molar-refractivity contribution is 6.46. The Bertz CT molecular complexity index is 841. The Morgan fingerprint density at radius 1 is 1.26 bits per heavy atom. The average molecular weight is 395 g/mol. The average Bonchev–Trinajstić information content (AvgIpc) is 3.10.